The molecule has 0 aliphatic heterocycles. The van der Waals surface area contributed by atoms with Crippen LogP contribution < -0.4 is 5.32 Å². The topological polar surface area (TPSA) is 65.8 Å². The van der Waals surface area contributed by atoms with Crippen LogP contribution in [0.1, 0.15) is 18.1 Å². The zero-order valence-corrected chi connectivity index (χ0v) is 10.7. The van der Waals surface area contributed by atoms with Crippen LogP contribution >= 0.6 is 11.6 Å². The first-order chi connectivity index (χ1) is 8.52. The first-order valence-electron chi connectivity index (χ1n) is 5.29. The number of nitriles is 1. The highest BCUT2D eigenvalue weighted by molar-refractivity contribution is 6.36. The molecule has 1 aromatic carbocycles. The maximum atomic E-state index is 11.1. The number of benzene rings is 1. The number of fused-ring (bicyclic) bond motifs is 1. The second kappa shape index (κ2) is 4.63. The summed E-state index contributed by atoms with van der Waals surface area (Å²) in [6.45, 7) is 3.31. The molecule has 90 valence electrons. The molecule has 0 fully saturated rings. The first-order valence-corrected chi connectivity index (χ1v) is 5.67. The molecule has 0 aliphatic carbocycles. The van der Waals surface area contributed by atoms with Crippen LogP contribution in [0.5, 0.6) is 0 Å². The zero-order chi connectivity index (χ0) is 13.3. The van der Waals surface area contributed by atoms with Crippen LogP contribution in [0.3, 0.4) is 0 Å². The van der Waals surface area contributed by atoms with Crippen molar-refractivity contribution in [2.24, 2.45) is 0 Å². The van der Waals surface area contributed by atoms with E-state index in [-0.39, 0.29) is 5.91 Å². The van der Waals surface area contributed by atoms with E-state index in [1.807, 2.05) is 19.1 Å². The van der Waals surface area contributed by atoms with Crippen LogP contribution in [0.4, 0.5) is 5.69 Å². The third-order valence-corrected chi connectivity index (χ3v) is 2.99. The largest absolute Gasteiger partial charge is 0.326 e. The summed E-state index contributed by atoms with van der Waals surface area (Å²) in [7, 11) is 0. The Morgan fingerprint density at radius 3 is 2.83 bits per heavy atom. The lowest BCUT2D eigenvalue weighted by atomic mass is 10.1. The molecular formula is C13H10ClN3O. The van der Waals surface area contributed by atoms with Gasteiger partial charge in [-0.1, -0.05) is 11.6 Å². The van der Waals surface area contributed by atoms with E-state index in [1.54, 1.807) is 6.07 Å². The molecule has 18 heavy (non-hydrogen) atoms. The number of rotatable bonds is 1. The summed E-state index contributed by atoms with van der Waals surface area (Å²) in [4.78, 5) is 15.3. The minimum absolute atomic E-state index is 0.155. The highest BCUT2D eigenvalue weighted by atomic mass is 35.5. The molecule has 0 unspecified atom stereocenters. The first kappa shape index (κ1) is 12.3. The van der Waals surface area contributed by atoms with Crippen LogP contribution in [0, 0.1) is 18.3 Å². The Balaban J connectivity index is 2.71. The number of nitrogens with one attached hydrogen (secondary N) is 1. The minimum atomic E-state index is -0.155. The van der Waals surface area contributed by atoms with Crippen LogP contribution in [0.25, 0.3) is 10.9 Å². The van der Waals surface area contributed by atoms with Gasteiger partial charge in [-0.2, -0.15) is 5.26 Å². The number of carbonyl (C=O) groups is 1. The fraction of sp³-hybridized carbons (Fsp3) is 0.154. The maximum absolute atomic E-state index is 11.1. The number of pyridine rings is 1. The fourth-order valence-corrected chi connectivity index (χ4v) is 1.96. The molecule has 4 nitrogen and oxygen atoms in total. The fourth-order valence-electron chi connectivity index (χ4n) is 1.71. The highest BCUT2D eigenvalue weighted by Crippen LogP contribution is 2.29. The number of hydrogen-bond donors (Lipinski definition) is 1. The van der Waals surface area contributed by atoms with Gasteiger partial charge in [0.25, 0.3) is 0 Å². The van der Waals surface area contributed by atoms with Gasteiger partial charge in [0.15, 0.2) is 0 Å². The number of aromatic nitrogens is 1. The van der Waals surface area contributed by atoms with Crippen molar-refractivity contribution < 1.29 is 4.79 Å². The molecule has 2 aromatic rings. The number of nitrogens with zero attached hydrogens (tertiary/aromatic N) is 2. The molecule has 0 radical (unpaired) electrons. The second-order valence-electron chi connectivity index (χ2n) is 3.96. The number of hydrogen-bond acceptors (Lipinski definition) is 3. The van der Waals surface area contributed by atoms with Crippen molar-refractivity contribution in [2.75, 3.05) is 5.32 Å². The van der Waals surface area contributed by atoms with Crippen molar-refractivity contribution in [1.82, 2.24) is 4.98 Å². The van der Waals surface area contributed by atoms with E-state index in [9.17, 15) is 4.79 Å². The Hall–Kier alpha value is -2.12. The van der Waals surface area contributed by atoms with E-state index in [2.05, 4.69) is 10.3 Å². The summed E-state index contributed by atoms with van der Waals surface area (Å²) in [6.07, 6.45) is 1.45. The van der Waals surface area contributed by atoms with Gasteiger partial charge in [-0.25, -0.2) is 0 Å². The molecule has 5 heteroatoms. The Bertz CT molecular complexity index is 689. The van der Waals surface area contributed by atoms with Crippen LogP contribution in [0.15, 0.2) is 18.3 Å². The second-order valence-corrected chi connectivity index (χ2v) is 4.34. The zero-order valence-electron chi connectivity index (χ0n) is 9.91. The van der Waals surface area contributed by atoms with Crippen molar-refractivity contribution >= 4 is 34.1 Å². The third-order valence-electron chi connectivity index (χ3n) is 2.58. The highest BCUT2D eigenvalue weighted by Gasteiger charge is 2.10. The van der Waals surface area contributed by atoms with Crippen molar-refractivity contribution in [3.8, 4) is 6.07 Å². The summed E-state index contributed by atoms with van der Waals surface area (Å²) in [5.74, 6) is -0.155. The monoisotopic (exact) mass is 259 g/mol. The van der Waals surface area contributed by atoms with Crippen molar-refractivity contribution in [1.29, 1.82) is 5.26 Å². The molecule has 2 rings (SSSR count). The molecule has 0 saturated heterocycles. The van der Waals surface area contributed by atoms with E-state index in [0.717, 1.165) is 5.56 Å². The van der Waals surface area contributed by atoms with E-state index in [4.69, 9.17) is 16.9 Å². The van der Waals surface area contributed by atoms with Gasteiger partial charge in [0.1, 0.15) is 6.07 Å². The van der Waals surface area contributed by atoms with Crippen LogP contribution in [-0.4, -0.2) is 10.9 Å². The Kier molecular flexibility index (Phi) is 3.17. The van der Waals surface area contributed by atoms with Crippen LogP contribution in [-0.2, 0) is 4.79 Å². The summed E-state index contributed by atoms with van der Waals surface area (Å²) in [5, 5.41) is 12.6. The molecule has 1 aromatic heterocycles. The SMILES string of the molecule is CC(=O)Nc1cc2c(Cl)c(C#N)cnc2cc1C. The van der Waals surface area contributed by atoms with Gasteiger partial charge >= 0.3 is 0 Å². The molecule has 0 bridgehead atoms. The lowest BCUT2D eigenvalue weighted by molar-refractivity contribution is -0.114. The van der Waals surface area contributed by atoms with E-state index >= 15 is 0 Å². The third kappa shape index (κ3) is 2.13. The van der Waals surface area contributed by atoms with Gasteiger partial charge in [-0.3, -0.25) is 9.78 Å². The maximum Gasteiger partial charge on any atom is 0.221 e. The van der Waals surface area contributed by atoms with Crippen molar-refractivity contribution in [3.63, 3.8) is 0 Å². The Morgan fingerprint density at radius 2 is 2.22 bits per heavy atom. The summed E-state index contributed by atoms with van der Waals surface area (Å²) >= 11 is 6.13. The number of anilines is 1. The lowest BCUT2D eigenvalue weighted by Crippen LogP contribution is -2.07. The van der Waals surface area contributed by atoms with Gasteiger partial charge in [0.2, 0.25) is 5.91 Å². The number of aryl methyl sites for hydroxylation is 1. The summed E-state index contributed by atoms with van der Waals surface area (Å²) < 4.78 is 0. The van der Waals surface area contributed by atoms with Gasteiger partial charge in [0.05, 0.1) is 16.1 Å². The smallest absolute Gasteiger partial charge is 0.221 e. The molecule has 1 amide bonds. The van der Waals surface area contributed by atoms with Crippen molar-refractivity contribution in [3.05, 3.63) is 34.5 Å². The minimum Gasteiger partial charge on any atom is -0.326 e. The normalized spacial score (nSPS) is 10.1. The molecule has 0 atom stereocenters. The van der Waals surface area contributed by atoms with Gasteiger partial charge in [-0.15, -0.1) is 0 Å². The van der Waals surface area contributed by atoms with Crippen LogP contribution in [0.2, 0.25) is 5.02 Å². The standard InChI is InChI=1S/C13H10ClN3O/c1-7-3-12-10(4-11(7)17-8(2)18)13(14)9(5-15)6-16-12/h3-4,6H,1-2H3,(H,17,18). The predicted octanol–water partition coefficient (Wildman–Crippen LogP) is 3.03. The molecule has 1 heterocycles. The molecule has 0 spiro atoms. The molecule has 0 aliphatic rings. The van der Waals surface area contributed by atoms with Gasteiger partial charge in [0, 0.05) is 24.2 Å². The Morgan fingerprint density at radius 1 is 1.50 bits per heavy atom. The van der Waals surface area contributed by atoms with Gasteiger partial charge < -0.3 is 5.32 Å². The molecule has 1 N–H and O–H groups in total. The average Bonchev–Trinajstić information content (AvgIpc) is 2.31. The summed E-state index contributed by atoms with van der Waals surface area (Å²) in [6, 6.07) is 5.55. The van der Waals surface area contributed by atoms with Crippen molar-refractivity contribution in [2.45, 2.75) is 13.8 Å². The van der Waals surface area contributed by atoms with Gasteiger partial charge in [-0.05, 0) is 24.6 Å². The van der Waals surface area contributed by atoms with E-state index in [0.29, 0.717) is 27.2 Å². The average molecular weight is 260 g/mol. The summed E-state index contributed by atoms with van der Waals surface area (Å²) in [5.41, 5.74) is 2.59. The quantitative estimate of drug-likeness (QED) is 0.856. The molecule has 0 saturated carbocycles. The number of halogens is 1. The van der Waals surface area contributed by atoms with E-state index < -0.39 is 0 Å². The van der Waals surface area contributed by atoms with E-state index in [1.165, 1.54) is 13.1 Å². The number of amides is 1. The Labute approximate surface area is 109 Å². The lowest BCUT2D eigenvalue weighted by Gasteiger charge is -2.09. The molecular weight excluding hydrogens is 250 g/mol. The predicted molar refractivity (Wildman–Crippen MR) is 70.5 cm³/mol. The number of carbonyl (C=O) groups excluding carboxylic acids is 1.